The smallest absolute Gasteiger partial charge is 0.223 e. The van der Waals surface area contributed by atoms with Gasteiger partial charge in [-0.3, -0.25) is 4.79 Å². The lowest BCUT2D eigenvalue weighted by Gasteiger charge is -2.35. The van der Waals surface area contributed by atoms with Crippen molar-refractivity contribution in [2.45, 2.75) is 79.7 Å². The normalized spacial score (nSPS) is 12.2. The first-order valence-electron chi connectivity index (χ1n) is 7.78. The van der Waals surface area contributed by atoms with Crippen LogP contribution < -0.4 is 0 Å². The Balaban J connectivity index is 4.59. The molecule has 0 heterocycles. The predicted octanol–water partition coefficient (Wildman–Crippen LogP) is 5.11. The molecule has 0 bridgehead atoms. The van der Waals surface area contributed by atoms with Crippen molar-refractivity contribution >= 4 is 5.91 Å². The number of amides is 1. The predicted molar refractivity (Wildman–Crippen MR) is 88.8 cm³/mol. The zero-order chi connectivity index (χ0) is 15.8. The molecule has 1 amide bonds. The van der Waals surface area contributed by atoms with E-state index in [1.54, 1.807) is 0 Å². The van der Waals surface area contributed by atoms with Crippen molar-refractivity contribution in [2.75, 3.05) is 6.54 Å². The van der Waals surface area contributed by atoms with Gasteiger partial charge in [0, 0.05) is 18.5 Å². The number of carbonyl (C=O) groups excluding carboxylic acids is 1. The minimum absolute atomic E-state index is 0.108. The zero-order valence-electron chi connectivity index (χ0n) is 14.5. The summed E-state index contributed by atoms with van der Waals surface area (Å²) in [5.41, 5.74) is 2.62. The van der Waals surface area contributed by atoms with Gasteiger partial charge in [0.15, 0.2) is 0 Å². The van der Waals surface area contributed by atoms with Crippen molar-refractivity contribution in [1.29, 1.82) is 0 Å². The summed E-state index contributed by atoms with van der Waals surface area (Å²) in [6.45, 7) is 15.5. The summed E-state index contributed by atoms with van der Waals surface area (Å²) in [6.07, 6.45) is 8.18. The minimum atomic E-state index is -0.108. The number of allylic oxidation sites excluding steroid dienone is 3. The maximum Gasteiger partial charge on any atom is 0.223 e. The van der Waals surface area contributed by atoms with E-state index in [4.69, 9.17) is 0 Å². The molecule has 0 aromatic carbocycles. The number of rotatable bonds is 7. The van der Waals surface area contributed by atoms with E-state index in [2.05, 4.69) is 60.6 Å². The maximum atomic E-state index is 12.2. The van der Waals surface area contributed by atoms with Gasteiger partial charge in [0.1, 0.15) is 0 Å². The van der Waals surface area contributed by atoms with E-state index in [1.807, 2.05) is 4.90 Å². The Morgan fingerprint density at radius 2 is 1.65 bits per heavy atom. The summed E-state index contributed by atoms with van der Waals surface area (Å²) in [5.74, 6) is 0.258. The number of hydrogen-bond donors (Lipinski definition) is 0. The van der Waals surface area contributed by atoms with Crippen LogP contribution in [-0.2, 0) is 4.79 Å². The first-order chi connectivity index (χ1) is 9.18. The molecular formula is C18H33NO. The second kappa shape index (κ2) is 8.99. The Morgan fingerprint density at radius 3 is 2.10 bits per heavy atom. The molecule has 0 fully saturated rings. The van der Waals surface area contributed by atoms with Crippen LogP contribution in [0.1, 0.15) is 74.1 Å². The molecule has 0 unspecified atom stereocenters. The number of carbonyl (C=O) groups is 1. The molecular weight excluding hydrogens is 246 g/mol. The van der Waals surface area contributed by atoms with Crippen molar-refractivity contribution in [3.8, 4) is 0 Å². The van der Waals surface area contributed by atoms with Gasteiger partial charge in [-0.15, -0.1) is 0 Å². The van der Waals surface area contributed by atoms with Crippen LogP contribution in [-0.4, -0.2) is 22.9 Å². The zero-order valence-corrected chi connectivity index (χ0v) is 14.5. The molecule has 2 nitrogen and oxygen atoms in total. The second-order valence-electron chi connectivity index (χ2n) is 6.80. The molecule has 20 heavy (non-hydrogen) atoms. The second-order valence-corrected chi connectivity index (χ2v) is 6.80. The molecule has 0 atom stereocenters. The molecule has 0 aliphatic rings. The quantitative estimate of drug-likeness (QED) is 0.593. The summed E-state index contributed by atoms with van der Waals surface area (Å²) in [7, 11) is 0. The van der Waals surface area contributed by atoms with Gasteiger partial charge in [0.25, 0.3) is 0 Å². The van der Waals surface area contributed by atoms with Crippen LogP contribution in [0.15, 0.2) is 23.3 Å². The summed E-state index contributed by atoms with van der Waals surface area (Å²) < 4.78 is 0. The first-order valence-corrected chi connectivity index (χ1v) is 7.78. The highest BCUT2D eigenvalue weighted by atomic mass is 16.2. The van der Waals surface area contributed by atoms with Gasteiger partial charge in [-0.05, 0) is 60.8 Å². The lowest BCUT2D eigenvalue weighted by Crippen LogP contribution is -2.45. The minimum Gasteiger partial charge on any atom is -0.334 e. The van der Waals surface area contributed by atoms with Crippen LogP contribution in [0.2, 0.25) is 0 Å². The van der Waals surface area contributed by atoms with E-state index in [-0.39, 0.29) is 11.4 Å². The highest BCUT2D eigenvalue weighted by molar-refractivity contribution is 5.77. The van der Waals surface area contributed by atoms with Gasteiger partial charge in [-0.2, -0.15) is 0 Å². The van der Waals surface area contributed by atoms with Gasteiger partial charge < -0.3 is 4.90 Å². The van der Waals surface area contributed by atoms with E-state index in [0.29, 0.717) is 6.42 Å². The highest BCUT2D eigenvalue weighted by Gasteiger charge is 2.24. The Hall–Kier alpha value is -1.05. The van der Waals surface area contributed by atoms with E-state index in [9.17, 15) is 4.79 Å². The van der Waals surface area contributed by atoms with Crippen molar-refractivity contribution < 1.29 is 4.79 Å². The van der Waals surface area contributed by atoms with Gasteiger partial charge >= 0.3 is 0 Å². The van der Waals surface area contributed by atoms with Crippen molar-refractivity contribution in [1.82, 2.24) is 4.90 Å². The summed E-state index contributed by atoms with van der Waals surface area (Å²) in [6, 6.07) is 0. The first kappa shape index (κ1) is 18.9. The Morgan fingerprint density at radius 1 is 1.05 bits per heavy atom. The molecule has 0 saturated heterocycles. The van der Waals surface area contributed by atoms with Crippen LogP contribution in [0.25, 0.3) is 0 Å². The van der Waals surface area contributed by atoms with Crippen LogP contribution in [0.5, 0.6) is 0 Å². The van der Waals surface area contributed by atoms with Gasteiger partial charge in [0.05, 0.1) is 0 Å². The molecule has 0 aromatic heterocycles. The Labute approximate surface area is 125 Å². The fourth-order valence-corrected chi connectivity index (χ4v) is 2.04. The van der Waals surface area contributed by atoms with Gasteiger partial charge in [-0.1, -0.05) is 30.2 Å². The van der Waals surface area contributed by atoms with Crippen molar-refractivity contribution in [2.24, 2.45) is 0 Å². The SMILES string of the molecule is CCCC(=O)N(CC=C(C)CCC=C(C)C)C(C)(C)C. The topological polar surface area (TPSA) is 20.3 Å². The van der Waals surface area contributed by atoms with E-state index >= 15 is 0 Å². The Bertz CT molecular complexity index is 354. The molecule has 0 aromatic rings. The molecule has 0 saturated carbocycles. The lowest BCUT2D eigenvalue weighted by atomic mass is 10.0. The third kappa shape index (κ3) is 8.19. The van der Waals surface area contributed by atoms with Crippen LogP contribution in [0.3, 0.4) is 0 Å². The summed E-state index contributed by atoms with van der Waals surface area (Å²) in [5, 5.41) is 0. The number of nitrogens with zero attached hydrogens (tertiary/aromatic N) is 1. The maximum absolute atomic E-state index is 12.2. The molecule has 116 valence electrons. The molecule has 0 radical (unpaired) electrons. The van der Waals surface area contributed by atoms with Crippen LogP contribution >= 0.6 is 0 Å². The van der Waals surface area contributed by atoms with Crippen molar-refractivity contribution in [3.63, 3.8) is 0 Å². The largest absolute Gasteiger partial charge is 0.334 e. The molecule has 0 rings (SSSR count). The summed E-state index contributed by atoms with van der Waals surface area (Å²) in [4.78, 5) is 14.2. The third-order valence-electron chi connectivity index (χ3n) is 3.29. The molecule has 0 aliphatic carbocycles. The van der Waals surface area contributed by atoms with Gasteiger partial charge in [-0.25, -0.2) is 0 Å². The molecule has 0 spiro atoms. The van der Waals surface area contributed by atoms with E-state index < -0.39 is 0 Å². The highest BCUT2D eigenvalue weighted by Crippen LogP contribution is 2.16. The third-order valence-corrected chi connectivity index (χ3v) is 3.29. The van der Waals surface area contributed by atoms with Gasteiger partial charge in [0.2, 0.25) is 5.91 Å². The van der Waals surface area contributed by atoms with Crippen molar-refractivity contribution in [3.05, 3.63) is 23.3 Å². The van der Waals surface area contributed by atoms with Crippen LogP contribution in [0.4, 0.5) is 0 Å². The van der Waals surface area contributed by atoms with E-state index in [1.165, 1.54) is 11.1 Å². The average Bonchev–Trinajstić information content (AvgIpc) is 2.27. The lowest BCUT2D eigenvalue weighted by molar-refractivity contribution is -0.135. The molecule has 0 aliphatic heterocycles. The Kier molecular flexibility index (Phi) is 8.52. The summed E-state index contributed by atoms with van der Waals surface area (Å²) >= 11 is 0. The fourth-order valence-electron chi connectivity index (χ4n) is 2.04. The van der Waals surface area contributed by atoms with Crippen LogP contribution in [0, 0.1) is 0 Å². The monoisotopic (exact) mass is 279 g/mol. The fraction of sp³-hybridized carbons (Fsp3) is 0.722. The molecule has 2 heteroatoms. The number of hydrogen-bond acceptors (Lipinski definition) is 1. The average molecular weight is 279 g/mol. The molecule has 0 N–H and O–H groups in total. The standard InChI is InChI=1S/C18H33NO/c1-8-10-17(20)19(18(5,6)7)14-13-16(4)12-9-11-15(2)3/h11,13H,8-10,12,14H2,1-7H3. The van der Waals surface area contributed by atoms with E-state index in [0.717, 1.165) is 25.8 Å².